The zero-order valence-electron chi connectivity index (χ0n) is 19.1. The molecule has 32 heavy (non-hydrogen) atoms. The van der Waals surface area contributed by atoms with Crippen LogP contribution in [0.1, 0.15) is 59.8 Å². The van der Waals surface area contributed by atoms with Crippen LogP contribution in [0, 0.1) is 28.6 Å². The van der Waals surface area contributed by atoms with Gasteiger partial charge < -0.3 is 9.84 Å². The lowest BCUT2D eigenvalue weighted by atomic mass is 9.44. The van der Waals surface area contributed by atoms with Gasteiger partial charge in [-0.3, -0.25) is 14.4 Å². The van der Waals surface area contributed by atoms with Crippen molar-refractivity contribution in [2.45, 2.75) is 77.2 Å². The van der Waals surface area contributed by atoms with Crippen molar-refractivity contribution in [2.75, 3.05) is 5.88 Å². The zero-order valence-corrected chi connectivity index (χ0v) is 19.9. The van der Waals surface area contributed by atoms with Gasteiger partial charge in [-0.1, -0.05) is 32.4 Å². The number of halogens is 2. The number of alkyl halides is 2. The van der Waals surface area contributed by atoms with E-state index in [4.69, 9.17) is 16.3 Å². The van der Waals surface area contributed by atoms with Gasteiger partial charge in [-0.2, -0.15) is 0 Å². The fraction of sp³-hybridized carbons (Fsp3) is 0.720. The van der Waals surface area contributed by atoms with Crippen LogP contribution in [-0.2, 0) is 19.1 Å². The Hall–Kier alpha value is -1.53. The number of ether oxygens (including phenoxy) is 1. The van der Waals surface area contributed by atoms with Gasteiger partial charge in [0, 0.05) is 16.7 Å². The van der Waals surface area contributed by atoms with E-state index in [1.54, 1.807) is 26.8 Å². The summed E-state index contributed by atoms with van der Waals surface area (Å²) in [5.41, 5.74) is -4.78. The molecular formula is C25H32ClFO5. The molecule has 3 fully saturated rings. The number of rotatable bonds is 4. The molecule has 1 N–H and O–H groups in total. The minimum absolute atomic E-state index is 0.0245. The van der Waals surface area contributed by atoms with Crippen molar-refractivity contribution < 1.29 is 28.6 Å². The summed E-state index contributed by atoms with van der Waals surface area (Å²) >= 11 is 5.98. The maximum Gasteiger partial charge on any atom is 0.309 e. The molecule has 5 nitrogen and oxygen atoms in total. The van der Waals surface area contributed by atoms with Crippen molar-refractivity contribution in [3.05, 3.63) is 23.8 Å². The van der Waals surface area contributed by atoms with Crippen molar-refractivity contribution in [3.8, 4) is 0 Å². The molecule has 176 valence electrons. The van der Waals surface area contributed by atoms with Gasteiger partial charge in [0.25, 0.3) is 0 Å². The van der Waals surface area contributed by atoms with Crippen LogP contribution >= 0.6 is 11.6 Å². The van der Waals surface area contributed by atoms with Gasteiger partial charge in [0.05, 0.1) is 17.9 Å². The Morgan fingerprint density at radius 3 is 2.59 bits per heavy atom. The highest BCUT2D eigenvalue weighted by atomic mass is 35.5. The third-order valence-corrected chi connectivity index (χ3v) is 9.32. The number of carbonyl (C=O) groups excluding carboxylic acids is 3. The van der Waals surface area contributed by atoms with Crippen molar-refractivity contribution in [1.82, 2.24) is 0 Å². The quantitative estimate of drug-likeness (QED) is 0.498. The van der Waals surface area contributed by atoms with Crippen LogP contribution in [0.5, 0.6) is 0 Å². The maximum absolute atomic E-state index is 17.1. The third-order valence-electron chi connectivity index (χ3n) is 9.08. The summed E-state index contributed by atoms with van der Waals surface area (Å²) in [4.78, 5) is 37.8. The maximum atomic E-state index is 17.1. The second kappa shape index (κ2) is 7.49. The van der Waals surface area contributed by atoms with Crippen LogP contribution in [-0.4, -0.2) is 45.9 Å². The van der Waals surface area contributed by atoms with Crippen LogP contribution in [0.3, 0.4) is 0 Å². The van der Waals surface area contributed by atoms with E-state index in [0.717, 1.165) is 0 Å². The predicted octanol–water partition coefficient (Wildman–Crippen LogP) is 4.10. The van der Waals surface area contributed by atoms with Crippen LogP contribution in [0.4, 0.5) is 4.39 Å². The average Bonchev–Trinajstić information content (AvgIpc) is 3.01. The summed E-state index contributed by atoms with van der Waals surface area (Å²) < 4.78 is 23.0. The van der Waals surface area contributed by atoms with Crippen LogP contribution in [0.15, 0.2) is 23.8 Å². The first kappa shape index (κ1) is 23.6. The van der Waals surface area contributed by atoms with Gasteiger partial charge in [0.2, 0.25) is 0 Å². The second-order valence-corrected chi connectivity index (χ2v) is 11.0. The smallest absolute Gasteiger partial charge is 0.309 e. The summed E-state index contributed by atoms with van der Waals surface area (Å²) in [6, 6.07) is 0. The molecule has 0 heterocycles. The van der Waals surface area contributed by atoms with E-state index < -0.39 is 46.0 Å². The van der Waals surface area contributed by atoms with Crippen molar-refractivity contribution in [2.24, 2.45) is 28.6 Å². The Labute approximate surface area is 193 Å². The molecule has 0 aliphatic heterocycles. The van der Waals surface area contributed by atoms with E-state index in [-0.39, 0.29) is 36.2 Å². The number of allylic oxidation sites excluding steroid dienone is 4. The molecule has 1 unspecified atom stereocenters. The van der Waals surface area contributed by atoms with Gasteiger partial charge >= 0.3 is 5.97 Å². The fourth-order valence-corrected chi connectivity index (χ4v) is 7.49. The molecule has 7 heteroatoms. The largest absolute Gasteiger partial charge is 0.450 e. The number of ketones is 2. The summed E-state index contributed by atoms with van der Waals surface area (Å²) in [5.74, 6) is -2.61. The second-order valence-electron chi connectivity index (χ2n) is 10.8. The van der Waals surface area contributed by atoms with Gasteiger partial charge in [0.1, 0.15) is 0 Å². The Bertz CT molecular complexity index is 927. The lowest BCUT2D eigenvalue weighted by molar-refractivity contribution is -0.225. The van der Waals surface area contributed by atoms with Crippen LogP contribution in [0.2, 0.25) is 0 Å². The number of hydrogen-bond donors (Lipinski definition) is 1. The number of carbonyl (C=O) groups is 3. The van der Waals surface area contributed by atoms with Crippen molar-refractivity contribution >= 4 is 29.1 Å². The van der Waals surface area contributed by atoms with E-state index >= 15 is 4.39 Å². The molecule has 0 amide bonds. The number of Topliss-reactive ketones (excluding diaryl/α,β-unsaturated/α-hetero) is 1. The molecule has 4 aliphatic rings. The molecule has 7 atom stereocenters. The lowest BCUT2D eigenvalue weighted by Gasteiger charge is -2.62. The first-order valence-electron chi connectivity index (χ1n) is 11.5. The van der Waals surface area contributed by atoms with E-state index in [9.17, 15) is 19.5 Å². The highest BCUT2D eigenvalue weighted by molar-refractivity contribution is 6.29. The Morgan fingerprint density at radius 1 is 1.28 bits per heavy atom. The van der Waals surface area contributed by atoms with Gasteiger partial charge in [-0.05, 0) is 57.1 Å². The monoisotopic (exact) mass is 466 g/mol. The molecular weight excluding hydrogens is 435 g/mol. The van der Waals surface area contributed by atoms with Gasteiger partial charge in [0.15, 0.2) is 22.8 Å². The van der Waals surface area contributed by atoms with E-state index in [2.05, 4.69) is 0 Å². The normalized spacial score (nSPS) is 45.1. The summed E-state index contributed by atoms with van der Waals surface area (Å²) in [6.07, 6.45) is 4.85. The average molecular weight is 467 g/mol. The molecule has 0 spiro atoms. The molecule has 0 aromatic heterocycles. The summed E-state index contributed by atoms with van der Waals surface area (Å²) in [5, 5.41) is 11.4. The Morgan fingerprint density at radius 2 is 1.97 bits per heavy atom. The first-order valence-corrected chi connectivity index (χ1v) is 12.0. The summed E-state index contributed by atoms with van der Waals surface area (Å²) in [7, 11) is 0. The minimum atomic E-state index is -1.99. The SMILES string of the molecule is CC(C)C(=O)O[C@]1(C(=O)CCl)CC[C@H]2[C@@H]3CCC4=CC(=O)C=C[C@]4(C)[C@@]3(F)C(O)C[C@@]21C. The molecule has 0 radical (unpaired) electrons. The molecule has 3 saturated carbocycles. The fourth-order valence-electron chi connectivity index (χ4n) is 7.28. The molecule has 4 aliphatic carbocycles. The van der Waals surface area contributed by atoms with Gasteiger partial charge in [-0.25, -0.2) is 4.39 Å². The number of fused-ring (bicyclic) bond motifs is 5. The zero-order chi connectivity index (χ0) is 23.7. The number of aliphatic hydroxyl groups is 1. The topological polar surface area (TPSA) is 80.7 Å². The lowest BCUT2D eigenvalue weighted by Crippen LogP contribution is -2.69. The highest BCUT2D eigenvalue weighted by Gasteiger charge is 2.75. The van der Waals surface area contributed by atoms with E-state index in [1.165, 1.54) is 12.2 Å². The Kier molecular flexibility index (Phi) is 5.53. The summed E-state index contributed by atoms with van der Waals surface area (Å²) in [6.45, 7) is 7.00. The van der Waals surface area contributed by atoms with E-state index in [1.807, 2.05) is 6.92 Å². The molecule has 0 aromatic carbocycles. The third kappa shape index (κ3) is 2.81. The molecule has 0 bridgehead atoms. The van der Waals surface area contributed by atoms with E-state index in [0.29, 0.717) is 24.8 Å². The highest BCUT2D eigenvalue weighted by Crippen LogP contribution is 2.70. The number of esters is 1. The minimum Gasteiger partial charge on any atom is -0.450 e. The van der Waals surface area contributed by atoms with Crippen molar-refractivity contribution in [3.63, 3.8) is 0 Å². The molecule has 0 aromatic rings. The van der Waals surface area contributed by atoms with Crippen molar-refractivity contribution in [1.29, 1.82) is 0 Å². The number of hydrogen-bond acceptors (Lipinski definition) is 5. The molecule has 0 saturated heterocycles. The molecule has 4 rings (SSSR count). The van der Waals surface area contributed by atoms with Crippen LogP contribution < -0.4 is 0 Å². The predicted molar refractivity (Wildman–Crippen MR) is 118 cm³/mol. The van der Waals surface area contributed by atoms with Crippen LogP contribution in [0.25, 0.3) is 0 Å². The standard InChI is InChI=1S/C25H32ClFO5/c1-14(2)21(31)32-24(20(30)13-26)10-8-17-18-6-5-15-11-16(28)7-9-22(15,3)25(18,27)19(29)12-23(17,24)4/h7,9,11,14,17-19,29H,5-6,8,10,12-13H2,1-4H3/t17-,18-,19?,22-,23-,24-,25-/m0/s1. The first-order chi connectivity index (χ1) is 14.9. The van der Waals surface area contributed by atoms with Gasteiger partial charge in [-0.15, -0.1) is 11.6 Å². The Balaban J connectivity index is 1.80. The number of aliphatic hydroxyl groups excluding tert-OH is 1.